The van der Waals surface area contributed by atoms with Crippen LogP contribution in [0, 0.1) is 13.3 Å². The smallest absolute Gasteiger partial charge is 0.671 e. The first-order valence-corrected chi connectivity index (χ1v) is 6.60. The van der Waals surface area contributed by atoms with Crippen LogP contribution in [-0.4, -0.2) is 48.4 Å². The van der Waals surface area contributed by atoms with Crippen LogP contribution in [0.25, 0.3) is 16.0 Å². The summed E-state index contributed by atoms with van der Waals surface area (Å²) >= 11 is 0. The summed E-state index contributed by atoms with van der Waals surface area (Å²) < 4.78 is 0. The molecule has 0 aromatic heterocycles. The van der Waals surface area contributed by atoms with Crippen LogP contribution in [0.3, 0.4) is 0 Å². The van der Waals surface area contributed by atoms with Gasteiger partial charge in [-0.25, -0.2) is 0 Å². The Morgan fingerprint density at radius 3 is 1.68 bits per heavy atom. The minimum atomic E-state index is 0. The van der Waals surface area contributed by atoms with Crippen LogP contribution in [-0.2, 0) is 25.8 Å². The van der Waals surface area contributed by atoms with Crippen LogP contribution in [0.1, 0.15) is 26.2 Å². The van der Waals surface area contributed by atoms with Crippen LogP contribution < -0.4 is 0 Å². The molecule has 0 aliphatic heterocycles. The second-order valence-corrected chi connectivity index (χ2v) is 4.94. The minimum absolute atomic E-state index is 0. The fourth-order valence-electron chi connectivity index (χ4n) is 2.44. The van der Waals surface area contributed by atoms with Crippen molar-refractivity contribution in [3.63, 3.8) is 0 Å². The van der Waals surface area contributed by atoms with Gasteiger partial charge in [0.1, 0.15) is 6.71 Å². The summed E-state index contributed by atoms with van der Waals surface area (Å²) in [7, 11) is 8.93. The van der Waals surface area contributed by atoms with Gasteiger partial charge in [-0.15, -0.1) is 0 Å². The topological polar surface area (TPSA) is 42.3 Å². The largest absolute Gasteiger partial charge is 4.00 e. The summed E-state index contributed by atoms with van der Waals surface area (Å²) in [4.78, 5) is 0. The van der Waals surface area contributed by atoms with Crippen LogP contribution in [0.2, 0.25) is 12.6 Å². The van der Waals surface area contributed by atoms with Gasteiger partial charge in [0.15, 0.2) is 0 Å². The second-order valence-electron chi connectivity index (χ2n) is 4.94. The van der Waals surface area contributed by atoms with E-state index in [0.717, 1.165) is 24.9 Å². The summed E-state index contributed by atoms with van der Waals surface area (Å²) in [5.41, 5.74) is 0. The summed E-state index contributed by atoms with van der Waals surface area (Å²) in [5, 5.41) is 11.2. The second kappa shape index (κ2) is 21.1. The molecule has 0 N–H and O–H groups in total. The maximum Gasteiger partial charge on any atom is 4.00 e. The Morgan fingerprint density at radius 2 is 1.42 bits per heavy atom. The molecule has 0 spiro atoms. The van der Waals surface area contributed by atoms with E-state index >= 15 is 0 Å². The van der Waals surface area contributed by atoms with Gasteiger partial charge in [0.2, 0.25) is 0 Å². The Bertz CT molecular complexity index is 149. The molecular formula is C14H34BHfN3. The molecule has 0 saturated heterocycles. The zero-order valence-corrected chi connectivity index (χ0v) is 18.0. The molecule has 0 aromatic rings. The van der Waals surface area contributed by atoms with Crippen molar-refractivity contribution in [2.75, 3.05) is 41.7 Å². The zero-order chi connectivity index (χ0) is 13.7. The Balaban J connectivity index is -0.000000122. The first kappa shape index (κ1) is 28.0. The third-order valence-corrected chi connectivity index (χ3v) is 3.13. The maximum absolute atomic E-state index is 4.21. The van der Waals surface area contributed by atoms with Gasteiger partial charge < -0.3 is 23.4 Å². The molecular weight excluding hydrogens is 399 g/mol. The Labute approximate surface area is 142 Å². The molecule has 1 aliphatic rings. The van der Waals surface area contributed by atoms with E-state index in [0.29, 0.717) is 0 Å². The van der Waals surface area contributed by atoms with Crippen molar-refractivity contribution in [1.82, 2.24) is 0 Å². The molecule has 1 saturated carbocycles. The molecule has 5 heteroatoms. The van der Waals surface area contributed by atoms with Crippen LogP contribution in [0.5, 0.6) is 0 Å². The first-order chi connectivity index (χ1) is 8.08. The molecule has 0 amide bonds. The van der Waals surface area contributed by atoms with Crippen molar-refractivity contribution in [3.8, 4) is 0 Å². The molecule has 0 heterocycles. The average Bonchev–Trinajstić information content (AvgIpc) is 2.67. The monoisotopic (exact) mass is 435 g/mol. The van der Waals surface area contributed by atoms with Gasteiger partial charge in [-0.3, -0.25) is 0 Å². The third kappa shape index (κ3) is 16.8. The van der Waals surface area contributed by atoms with Crippen molar-refractivity contribution >= 4 is 6.71 Å². The van der Waals surface area contributed by atoms with Crippen molar-refractivity contribution < 1.29 is 25.8 Å². The maximum atomic E-state index is 4.21. The molecule has 19 heavy (non-hydrogen) atoms. The van der Waals surface area contributed by atoms with Gasteiger partial charge in [0.05, 0.1) is 0 Å². The normalized spacial score (nSPS) is 19.7. The van der Waals surface area contributed by atoms with E-state index < -0.39 is 0 Å². The van der Waals surface area contributed by atoms with Gasteiger partial charge in [0.25, 0.3) is 0 Å². The van der Waals surface area contributed by atoms with Gasteiger partial charge >= 0.3 is 25.8 Å². The van der Waals surface area contributed by atoms with Gasteiger partial charge in [-0.05, 0) is 5.92 Å². The van der Waals surface area contributed by atoms with E-state index in [2.05, 4.69) is 29.7 Å². The zero-order valence-electron chi connectivity index (χ0n) is 14.4. The molecule has 3 nitrogen and oxygen atoms in total. The Hall–Kier alpha value is 0.815. The SMILES string of the molecule is C[N-]C.C[N-]C.C[N-]CB(C)C1CCC[C@@H]1C.[CH3-].[Hf+4]. The molecule has 1 unspecified atom stereocenters. The van der Waals surface area contributed by atoms with Gasteiger partial charge in [0, 0.05) is 0 Å². The van der Waals surface area contributed by atoms with Crippen LogP contribution >= 0.6 is 0 Å². The van der Waals surface area contributed by atoms with Crippen molar-refractivity contribution in [2.45, 2.75) is 38.8 Å². The van der Waals surface area contributed by atoms with Crippen LogP contribution in [0.15, 0.2) is 0 Å². The summed E-state index contributed by atoms with van der Waals surface area (Å²) in [5.74, 6) is 1.91. The Morgan fingerprint density at radius 1 is 1.00 bits per heavy atom. The number of hydrogen-bond acceptors (Lipinski definition) is 0. The number of hydrogen-bond donors (Lipinski definition) is 0. The first-order valence-electron chi connectivity index (χ1n) is 6.60. The van der Waals surface area contributed by atoms with E-state index in [1.807, 2.05) is 7.05 Å². The molecule has 0 bridgehead atoms. The van der Waals surface area contributed by atoms with E-state index in [9.17, 15) is 0 Å². The number of nitrogens with zero attached hydrogens (tertiary/aromatic N) is 3. The number of rotatable bonds is 3. The van der Waals surface area contributed by atoms with E-state index in [1.54, 1.807) is 28.2 Å². The summed E-state index contributed by atoms with van der Waals surface area (Å²) in [6.45, 7) is 5.56. The predicted octanol–water partition coefficient (Wildman–Crippen LogP) is 4.53. The van der Waals surface area contributed by atoms with E-state index in [1.165, 1.54) is 19.3 Å². The fraction of sp³-hybridized carbons (Fsp3) is 0.929. The van der Waals surface area contributed by atoms with Crippen molar-refractivity contribution in [2.24, 2.45) is 5.92 Å². The van der Waals surface area contributed by atoms with E-state index in [-0.39, 0.29) is 33.3 Å². The van der Waals surface area contributed by atoms with Crippen molar-refractivity contribution in [3.05, 3.63) is 23.4 Å². The minimum Gasteiger partial charge on any atom is -0.671 e. The molecule has 0 aromatic carbocycles. The molecule has 0 radical (unpaired) electrons. The van der Waals surface area contributed by atoms with Crippen LogP contribution in [0.4, 0.5) is 0 Å². The standard InChI is InChI=1S/C9H19BN.2C2H6N.CH3.Hf/c1-8-5-4-6-9(8)10(2)7-11-3;2*1-3-2;;/h8-9H,4-7H2,1-3H3;2*1-2H3;1H3;/q4*-1;+4/t8-,9?;;;;/m0..../s1. The fourth-order valence-corrected chi connectivity index (χ4v) is 2.44. The third-order valence-electron chi connectivity index (χ3n) is 3.13. The average molecular weight is 434 g/mol. The Kier molecular flexibility index (Phi) is 31.2. The summed E-state index contributed by atoms with van der Waals surface area (Å²) in [6.07, 6.45) is 5.39. The van der Waals surface area contributed by atoms with Gasteiger partial charge in [-0.2, -0.15) is 41.7 Å². The summed E-state index contributed by atoms with van der Waals surface area (Å²) in [6, 6.07) is 0. The predicted molar refractivity (Wildman–Crippen MR) is 89.4 cm³/mol. The molecule has 112 valence electrons. The van der Waals surface area contributed by atoms with E-state index in [4.69, 9.17) is 0 Å². The molecule has 1 fully saturated rings. The molecule has 1 aliphatic carbocycles. The van der Waals surface area contributed by atoms with Gasteiger partial charge in [-0.1, -0.05) is 38.8 Å². The molecule has 1 rings (SSSR count). The van der Waals surface area contributed by atoms with Crippen molar-refractivity contribution in [1.29, 1.82) is 0 Å². The quantitative estimate of drug-likeness (QED) is 0.463. The molecule has 2 atom stereocenters.